The second-order valence-corrected chi connectivity index (χ2v) is 9.66. The summed E-state index contributed by atoms with van der Waals surface area (Å²) in [5.74, 6) is 0.837. The minimum Gasteiger partial charge on any atom is -0.464 e. The van der Waals surface area contributed by atoms with E-state index in [1.165, 1.54) is 38.7 Å². The number of aliphatic hydroxyl groups is 2. The highest BCUT2D eigenvalue weighted by atomic mass is 16.5. The Morgan fingerprint density at radius 2 is 1.15 bits per heavy atom. The topological polar surface area (TPSA) is 93.1 Å². The van der Waals surface area contributed by atoms with Crippen LogP contribution in [0.1, 0.15) is 108 Å². The Balaban J connectivity index is -0.000000529. The molecule has 4 unspecified atom stereocenters. The van der Waals surface area contributed by atoms with E-state index in [4.69, 9.17) is 19.7 Å². The zero-order chi connectivity index (χ0) is 25.1. The van der Waals surface area contributed by atoms with Gasteiger partial charge in [-0.1, -0.05) is 66.0 Å². The van der Waals surface area contributed by atoms with Crippen LogP contribution in [0.2, 0.25) is 0 Å². The molecular formula is C27H54O6. The Labute approximate surface area is 204 Å². The van der Waals surface area contributed by atoms with E-state index in [0.717, 1.165) is 31.6 Å². The molecule has 0 heterocycles. The van der Waals surface area contributed by atoms with E-state index < -0.39 is 24.1 Å². The fourth-order valence-corrected chi connectivity index (χ4v) is 2.78. The third-order valence-corrected chi connectivity index (χ3v) is 5.08. The minimum absolute atomic E-state index is 0. The van der Waals surface area contributed by atoms with Gasteiger partial charge in [0.15, 0.2) is 0 Å². The Morgan fingerprint density at radius 1 is 0.727 bits per heavy atom. The molecule has 4 atom stereocenters. The predicted molar refractivity (Wildman–Crippen MR) is 137 cm³/mol. The molecule has 198 valence electrons. The smallest absolute Gasteiger partial charge is 0.334 e. The maximum Gasteiger partial charge on any atom is 0.334 e. The summed E-state index contributed by atoms with van der Waals surface area (Å²) in [4.78, 5) is 21.9. The van der Waals surface area contributed by atoms with Gasteiger partial charge in [0, 0.05) is 0 Å². The molecule has 0 bridgehead atoms. The van der Waals surface area contributed by atoms with Gasteiger partial charge < -0.3 is 19.7 Å². The summed E-state index contributed by atoms with van der Waals surface area (Å²) >= 11 is 0. The fourth-order valence-electron chi connectivity index (χ4n) is 2.78. The molecule has 0 amide bonds. The summed E-state index contributed by atoms with van der Waals surface area (Å²) in [5, 5.41) is 17.8. The van der Waals surface area contributed by atoms with Crippen LogP contribution >= 0.6 is 0 Å². The van der Waals surface area contributed by atoms with Crippen molar-refractivity contribution in [1.29, 1.82) is 0 Å². The number of hydrogen-bond donors (Lipinski definition) is 2. The third kappa shape index (κ3) is 26.7. The summed E-state index contributed by atoms with van der Waals surface area (Å²) in [6, 6.07) is 0. The molecule has 0 fully saturated rings. The first-order valence-corrected chi connectivity index (χ1v) is 12.2. The number of carbonyl (C=O) groups excluding carboxylic acids is 2. The van der Waals surface area contributed by atoms with E-state index in [0.29, 0.717) is 25.0 Å². The van der Waals surface area contributed by atoms with Crippen LogP contribution in [0.5, 0.6) is 0 Å². The van der Waals surface area contributed by atoms with Gasteiger partial charge in [-0.05, 0) is 71.1 Å². The number of esters is 2. The third-order valence-electron chi connectivity index (χ3n) is 5.08. The molecule has 2 N–H and O–H groups in total. The number of allylic oxidation sites excluding steroid dienone is 2. The maximum absolute atomic E-state index is 11.0. The van der Waals surface area contributed by atoms with Gasteiger partial charge in [0.2, 0.25) is 0 Å². The van der Waals surface area contributed by atoms with Crippen LogP contribution in [0.4, 0.5) is 0 Å². The molecule has 0 aliphatic carbocycles. The molecule has 6 nitrogen and oxygen atoms in total. The molecule has 0 saturated heterocycles. The average molecular weight is 475 g/mol. The lowest BCUT2D eigenvalue weighted by atomic mass is 9.98. The highest BCUT2D eigenvalue weighted by Crippen LogP contribution is 2.15. The van der Waals surface area contributed by atoms with Crippen molar-refractivity contribution in [3.63, 3.8) is 0 Å². The highest BCUT2D eigenvalue weighted by molar-refractivity contribution is 5.74. The van der Waals surface area contributed by atoms with Crippen LogP contribution in [-0.4, -0.2) is 47.6 Å². The molecule has 0 aliphatic heterocycles. The largest absolute Gasteiger partial charge is 0.464 e. The van der Waals surface area contributed by atoms with E-state index in [1.54, 1.807) is 0 Å². The molecule has 0 saturated carbocycles. The Morgan fingerprint density at radius 3 is 1.52 bits per heavy atom. The van der Waals surface area contributed by atoms with Crippen LogP contribution in [0.3, 0.4) is 0 Å². The van der Waals surface area contributed by atoms with Gasteiger partial charge in [-0.2, -0.15) is 0 Å². The number of aliphatic hydroxyl groups excluding tert-OH is 2. The van der Waals surface area contributed by atoms with E-state index >= 15 is 0 Å². The first kappa shape index (κ1) is 36.2. The summed E-state index contributed by atoms with van der Waals surface area (Å²) < 4.78 is 9.81. The van der Waals surface area contributed by atoms with E-state index in [2.05, 4.69) is 47.6 Å². The molecule has 0 rings (SSSR count). The van der Waals surface area contributed by atoms with Gasteiger partial charge in [0.05, 0.1) is 13.2 Å². The van der Waals surface area contributed by atoms with Crippen molar-refractivity contribution in [3.8, 4) is 0 Å². The molecule has 33 heavy (non-hydrogen) atoms. The number of ether oxygens (including phenoxy) is 2. The molecule has 0 aromatic carbocycles. The van der Waals surface area contributed by atoms with E-state index in [1.807, 2.05) is 0 Å². The predicted octanol–water partition coefficient (Wildman–Crippen LogP) is 6.08. The van der Waals surface area contributed by atoms with Crippen LogP contribution in [0, 0.1) is 17.8 Å². The second-order valence-electron chi connectivity index (χ2n) is 9.66. The van der Waals surface area contributed by atoms with Gasteiger partial charge in [0.1, 0.15) is 12.2 Å². The normalized spacial score (nSPS) is 14.0. The van der Waals surface area contributed by atoms with Gasteiger partial charge in [-0.15, -0.1) is 0 Å². The van der Waals surface area contributed by atoms with Crippen molar-refractivity contribution >= 4 is 11.9 Å². The van der Waals surface area contributed by atoms with Crippen molar-refractivity contribution in [3.05, 3.63) is 11.6 Å². The van der Waals surface area contributed by atoms with Gasteiger partial charge in [0.25, 0.3) is 0 Å². The SMILES string of the molecule is C.CC(C)=CCCC(C)CCOC(=O)C(C)O.CC(C)CCCC(C)CCOC(=O)C(C)O. The van der Waals surface area contributed by atoms with Crippen molar-refractivity contribution in [1.82, 2.24) is 0 Å². The lowest BCUT2D eigenvalue weighted by Crippen LogP contribution is -2.20. The quantitative estimate of drug-likeness (QED) is 0.221. The highest BCUT2D eigenvalue weighted by Gasteiger charge is 2.11. The van der Waals surface area contributed by atoms with E-state index in [-0.39, 0.29) is 7.43 Å². The molecule has 0 radical (unpaired) electrons. The molecular weight excluding hydrogens is 420 g/mol. The van der Waals surface area contributed by atoms with Crippen LogP contribution in [0.15, 0.2) is 11.6 Å². The van der Waals surface area contributed by atoms with Crippen molar-refractivity contribution in [2.24, 2.45) is 17.8 Å². The second kappa shape index (κ2) is 22.4. The van der Waals surface area contributed by atoms with Crippen LogP contribution in [0.25, 0.3) is 0 Å². The van der Waals surface area contributed by atoms with Gasteiger partial charge in [-0.25, -0.2) is 9.59 Å². The molecule has 0 aromatic heterocycles. The minimum atomic E-state index is -1.01. The molecule has 0 spiro atoms. The average Bonchev–Trinajstić information content (AvgIpc) is 2.67. The lowest BCUT2D eigenvalue weighted by Gasteiger charge is -2.13. The summed E-state index contributed by atoms with van der Waals surface area (Å²) in [6.07, 6.45) is 7.82. The van der Waals surface area contributed by atoms with E-state index in [9.17, 15) is 9.59 Å². The zero-order valence-electron chi connectivity index (χ0n) is 21.9. The lowest BCUT2D eigenvalue weighted by molar-refractivity contribution is -0.153. The van der Waals surface area contributed by atoms with Crippen molar-refractivity contribution < 1.29 is 29.3 Å². The zero-order valence-corrected chi connectivity index (χ0v) is 21.9. The van der Waals surface area contributed by atoms with Gasteiger partial charge >= 0.3 is 11.9 Å². The summed E-state index contributed by atoms with van der Waals surface area (Å²) in [7, 11) is 0. The number of hydrogen-bond acceptors (Lipinski definition) is 6. The summed E-state index contributed by atoms with van der Waals surface area (Å²) in [6.45, 7) is 16.6. The molecule has 6 heteroatoms. The monoisotopic (exact) mass is 474 g/mol. The standard InChI is InChI=1S/C13H26O3.C13H24O3.CH4/c2*1-10(2)6-5-7-11(3)8-9-16-13(15)12(4)14;/h10-12,14H,5-9H2,1-4H3;6,11-12,14H,5,7-9H2,1-4H3;1H4. The Hall–Kier alpha value is -1.40. The fraction of sp³-hybridized carbons (Fsp3) is 0.852. The van der Waals surface area contributed by atoms with Crippen molar-refractivity contribution in [2.75, 3.05) is 13.2 Å². The Kier molecular flexibility index (Phi) is 24.5. The van der Waals surface area contributed by atoms with Crippen molar-refractivity contribution in [2.45, 2.75) is 120 Å². The molecule has 0 aromatic rings. The molecule has 0 aliphatic rings. The number of rotatable bonds is 15. The Bertz CT molecular complexity index is 507. The number of carbonyl (C=O) groups is 2. The summed E-state index contributed by atoms with van der Waals surface area (Å²) in [5.41, 5.74) is 1.34. The first-order valence-electron chi connectivity index (χ1n) is 12.2. The van der Waals surface area contributed by atoms with Crippen LogP contribution < -0.4 is 0 Å². The maximum atomic E-state index is 11.0. The van der Waals surface area contributed by atoms with Crippen LogP contribution in [-0.2, 0) is 19.1 Å². The van der Waals surface area contributed by atoms with Gasteiger partial charge in [-0.3, -0.25) is 0 Å². The first-order chi connectivity index (χ1) is 14.9.